The fourth-order valence-electron chi connectivity index (χ4n) is 1.99. The Kier molecular flexibility index (Phi) is 2.14. The molecule has 0 amide bonds. The number of aromatic nitrogens is 2. The topological polar surface area (TPSA) is 52.0 Å². The number of rotatable bonds is 1. The van der Waals surface area contributed by atoms with Crippen LogP contribution in [0, 0.1) is 0 Å². The highest BCUT2D eigenvalue weighted by molar-refractivity contribution is 7.90. The smallest absolute Gasteiger partial charge is 0.227 e. The van der Waals surface area contributed by atoms with E-state index in [1.807, 2.05) is 0 Å². The second-order valence-electron chi connectivity index (χ2n) is 3.83. The van der Waals surface area contributed by atoms with Gasteiger partial charge in [0.2, 0.25) is 15.0 Å². The molecule has 0 saturated carbocycles. The molecule has 2 rings (SSSR count). The summed E-state index contributed by atoms with van der Waals surface area (Å²) in [4.78, 5) is 4.20. The Bertz CT molecular complexity index is 459. The van der Waals surface area contributed by atoms with Gasteiger partial charge >= 0.3 is 0 Å². The van der Waals surface area contributed by atoms with Crippen molar-refractivity contribution in [2.75, 3.05) is 6.26 Å². The van der Waals surface area contributed by atoms with E-state index < -0.39 is 9.84 Å². The van der Waals surface area contributed by atoms with Crippen molar-refractivity contribution >= 4 is 9.84 Å². The van der Waals surface area contributed by atoms with E-state index in [4.69, 9.17) is 0 Å². The van der Waals surface area contributed by atoms with Crippen molar-refractivity contribution < 1.29 is 8.42 Å². The molecule has 0 saturated heterocycles. The van der Waals surface area contributed by atoms with Crippen molar-refractivity contribution in [2.24, 2.45) is 7.05 Å². The zero-order chi connectivity index (χ0) is 10.3. The van der Waals surface area contributed by atoms with Crippen LogP contribution in [0.4, 0.5) is 0 Å². The third kappa shape index (κ3) is 1.45. The molecule has 0 bridgehead atoms. The van der Waals surface area contributed by atoms with Gasteiger partial charge in [-0.25, -0.2) is 13.4 Å². The molecule has 0 N–H and O–H groups in total. The highest BCUT2D eigenvalue weighted by Crippen LogP contribution is 2.22. The van der Waals surface area contributed by atoms with E-state index in [0.29, 0.717) is 0 Å². The van der Waals surface area contributed by atoms with Crippen molar-refractivity contribution in [3.8, 4) is 0 Å². The summed E-state index contributed by atoms with van der Waals surface area (Å²) >= 11 is 0. The van der Waals surface area contributed by atoms with Crippen molar-refractivity contribution in [3.63, 3.8) is 0 Å². The van der Waals surface area contributed by atoms with Crippen LogP contribution in [0.5, 0.6) is 0 Å². The van der Waals surface area contributed by atoms with Crippen LogP contribution in [0.25, 0.3) is 0 Å². The molecular weight excluding hydrogens is 200 g/mol. The standard InChI is InChI=1S/C9H14N2O2S/c1-11-8-6-4-3-5-7(8)10-9(11)14(2,12)13/h3-6H2,1-2H3. The first-order valence-electron chi connectivity index (χ1n) is 4.74. The molecule has 0 aromatic carbocycles. The van der Waals surface area contributed by atoms with Crippen LogP contribution in [0.2, 0.25) is 0 Å². The third-order valence-electron chi connectivity index (χ3n) is 2.66. The summed E-state index contributed by atoms with van der Waals surface area (Å²) in [5, 5.41) is 0.212. The van der Waals surface area contributed by atoms with Crippen LogP contribution < -0.4 is 0 Å². The lowest BCUT2D eigenvalue weighted by Gasteiger charge is -2.10. The second kappa shape index (κ2) is 3.08. The fraction of sp³-hybridized carbons (Fsp3) is 0.667. The van der Waals surface area contributed by atoms with Gasteiger partial charge in [-0.1, -0.05) is 0 Å². The number of sulfone groups is 1. The normalized spacial score (nSPS) is 16.7. The van der Waals surface area contributed by atoms with E-state index in [-0.39, 0.29) is 5.16 Å². The van der Waals surface area contributed by atoms with Crippen molar-refractivity contribution in [3.05, 3.63) is 11.4 Å². The number of nitrogens with zero attached hydrogens (tertiary/aromatic N) is 2. The summed E-state index contributed by atoms with van der Waals surface area (Å²) in [6.07, 6.45) is 5.33. The van der Waals surface area contributed by atoms with Gasteiger partial charge in [-0.05, 0) is 25.7 Å². The molecule has 0 unspecified atom stereocenters. The van der Waals surface area contributed by atoms with Gasteiger partial charge in [0.15, 0.2) is 0 Å². The Morgan fingerprint density at radius 3 is 2.50 bits per heavy atom. The Hall–Kier alpha value is -0.840. The minimum absolute atomic E-state index is 0.212. The SMILES string of the molecule is Cn1c(S(C)(=O)=O)nc2c1CCCC2. The quantitative estimate of drug-likeness (QED) is 0.691. The molecule has 0 spiro atoms. The molecule has 1 aliphatic carbocycles. The lowest BCUT2D eigenvalue weighted by Crippen LogP contribution is -2.09. The molecule has 0 aliphatic heterocycles. The summed E-state index contributed by atoms with van der Waals surface area (Å²) in [5.74, 6) is 0. The van der Waals surface area contributed by atoms with Crippen LogP contribution in [-0.4, -0.2) is 24.2 Å². The maximum absolute atomic E-state index is 11.4. The summed E-state index contributed by atoms with van der Waals surface area (Å²) in [6.45, 7) is 0. The molecule has 14 heavy (non-hydrogen) atoms. The van der Waals surface area contributed by atoms with Crippen LogP contribution in [0.1, 0.15) is 24.2 Å². The number of fused-ring (bicyclic) bond motifs is 1. The molecule has 1 heterocycles. The molecule has 1 aliphatic rings. The Labute approximate surface area is 83.9 Å². The van der Waals surface area contributed by atoms with Gasteiger partial charge in [0.05, 0.1) is 5.69 Å². The van der Waals surface area contributed by atoms with Gasteiger partial charge in [-0.3, -0.25) is 0 Å². The van der Waals surface area contributed by atoms with Gasteiger partial charge in [0, 0.05) is 19.0 Å². The average molecular weight is 214 g/mol. The highest BCUT2D eigenvalue weighted by Gasteiger charge is 2.22. The van der Waals surface area contributed by atoms with Crippen molar-refractivity contribution in [1.29, 1.82) is 0 Å². The Morgan fingerprint density at radius 2 is 1.93 bits per heavy atom. The molecule has 0 atom stereocenters. The van der Waals surface area contributed by atoms with Crippen molar-refractivity contribution in [1.82, 2.24) is 9.55 Å². The monoisotopic (exact) mass is 214 g/mol. The molecule has 4 nitrogen and oxygen atoms in total. The molecule has 0 radical (unpaired) electrons. The Morgan fingerprint density at radius 1 is 1.29 bits per heavy atom. The minimum Gasteiger partial charge on any atom is -0.322 e. The molecule has 0 fully saturated rings. The lowest BCUT2D eigenvalue weighted by molar-refractivity contribution is 0.580. The highest BCUT2D eigenvalue weighted by atomic mass is 32.2. The van der Waals surface area contributed by atoms with E-state index in [9.17, 15) is 8.42 Å². The van der Waals surface area contributed by atoms with Gasteiger partial charge in [-0.15, -0.1) is 0 Å². The van der Waals surface area contributed by atoms with E-state index >= 15 is 0 Å². The average Bonchev–Trinajstić information content (AvgIpc) is 2.44. The van der Waals surface area contributed by atoms with Gasteiger partial charge in [0.1, 0.15) is 0 Å². The maximum atomic E-state index is 11.4. The van der Waals surface area contributed by atoms with Crippen LogP contribution >= 0.6 is 0 Å². The van der Waals surface area contributed by atoms with E-state index in [1.165, 1.54) is 6.26 Å². The largest absolute Gasteiger partial charge is 0.322 e. The lowest BCUT2D eigenvalue weighted by atomic mass is 10.0. The predicted molar refractivity (Wildman–Crippen MR) is 53.0 cm³/mol. The molecule has 1 aromatic heterocycles. The second-order valence-corrected chi connectivity index (χ2v) is 5.74. The number of hydrogen-bond acceptors (Lipinski definition) is 3. The summed E-state index contributed by atoms with van der Waals surface area (Å²) < 4.78 is 24.5. The molecule has 5 heteroatoms. The van der Waals surface area contributed by atoms with Gasteiger partial charge in [0.25, 0.3) is 0 Å². The van der Waals surface area contributed by atoms with Gasteiger partial charge in [-0.2, -0.15) is 0 Å². The zero-order valence-electron chi connectivity index (χ0n) is 8.45. The third-order valence-corrected chi connectivity index (χ3v) is 3.69. The van der Waals surface area contributed by atoms with E-state index in [0.717, 1.165) is 37.1 Å². The molecular formula is C9H14N2O2S. The Balaban J connectivity index is 2.60. The van der Waals surface area contributed by atoms with E-state index in [1.54, 1.807) is 11.6 Å². The number of imidazole rings is 1. The molecule has 78 valence electrons. The summed E-state index contributed by atoms with van der Waals surface area (Å²) in [6, 6.07) is 0. The first-order chi connectivity index (χ1) is 6.50. The predicted octanol–water partition coefficient (Wildman–Crippen LogP) is 0.702. The number of hydrogen-bond donors (Lipinski definition) is 0. The number of aryl methyl sites for hydroxylation is 1. The zero-order valence-corrected chi connectivity index (χ0v) is 9.26. The van der Waals surface area contributed by atoms with Crippen LogP contribution in [-0.2, 0) is 29.7 Å². The first kappa shape index (κ1) is 9.71. The van der Waals surface area contributed by atoms with Crippen LogP contribution in [0.3, 0.4) is 0 Å². The van der Waals surface area contributed by atoms with Gasteiger partial charge < -0.3 is 4.57 Å². The minimum atomic E-state index is -3.18. The summed E-state index contributed by atoms with van der Waals surface area (Å²) in [7, 11) is -1.39. The fourth-order valence-corrected chi connectivity index (χ4v) is 2.88. The first-order valence-corrected chi connectivity index (χ1v) is 6.64. The molecule has 1 aromatic rings. The van der Waals surface area contributed by atoms with Crippen molar-refractivity contribution in [2.45, 2.75) is 30.8 Å². The van der Waals surface area contributed by atoms with Crippen LogP contribution in [0.15, 0.2) is 5.16 Å². The summed E-state index contributed by atoms with van der Waals surface area (Å²) in [5.41, 5.74) is 2.07. The maximum Gasteiger partial charge on any atom is 0.227 e. The van der Waals surface area contributed by atoms with E-state index in [2.05, 4.69) is 4.98 Å².